The largest absolute Gasteiger partial charge is 0.573 e. The third-order valence-corrected chi connectivity index (χ3v) is 3.78. The number of alkyl halides is 3. The van der Waals surface area contributed by atoms with Crippen molar-refractivity contribution in [3.63, 3.8) is 0 Å². The van der Waals surface area contributed by atoms with Crippen molar-refractivity contribution < 1.29 is 17.9 Å². The Morgan fingerprint density at radius 3 is 2.23 bits per heavy atom. The molecule has 0 amide bonds. The molecule has 0 unspecified atom stereocenters. The highest BCUT2D eigenvalue weighted by Gasteiger charge is 2.31. The lowest BCUT2D eigenvalue weighted by Crippen LogP contribution is -2.17. The third-order valence-electron chi connectivity index (χ3n) is 3.78. The molecule has 2 heterocycles. The average molecular weight is 356 g/mol. The normalized spacial score (nSPS) is 11.0. The highest BCUT2D eigenvalue weighted by Crippen LogP contribution is 2.26. The summed E-state index contributed by atoms with van der Waals surface area (Å²) in [6, 6.07) is 11.4. The Morgan fingerprint density at radius 1 is 0.962 bits per heavy atom. The number of aromatic nitrogens is 2. The molecule has 3 nitrogen and oxygen atoms in total. The van der Waals surface area contributed by atoms with Crippen LogP contribution in [-0.2, 0) is 0 Å². The molecule has 0 saturated carbocycles. The van der Waals surface area contributed by atoms with Crippen LogP contribution in [0.1, 0.15) is 22.5 Å². The van der Waals surface area contributed by atoms with Crippen molar-refractivity contribution in [1.29, 1.82) is 0 Å². The number of halogens is 3. The monoisotopic (exact) mass is 356 g/mol. The molecule has 0 fully saturated rings. The Kier molecular flexibility index (Phi) is 4.72. The van der Waals surface area contributed by atoms with Gasteiger partial charge in [-0.25, -0.2) is 0 Å². The van der Waals surface area contributed by atoms with Crippen LogP contribution in [0.5, 0.6) is 5.75 Å². The molecule has 0 bridgehead atoms. The van der Waals surface area contributed by atoms with Crippen LogP contribution in [0.25, 0.3) is 5.69 Å². The third kappa shape index (κ3) is 4.06. The summed E-state index contributed by atoms with van der Waals surface area (Å²) in [6.07, 6.45) is -1.34. The van der Waals surface area contributed by atoms with Crippen LogP contribution < -0.4 is 4.74 Å². The fourth-order valence-electron chi connectivity index (χ4n) is 2.66. The predicted molar refractivity (Wildman–Crippen MR) is 92.1 cm³/mol. The molecular formula is C20H15F3N2O. The molecule has 0 atom stereocenters. The summed E-state index contributed by atoms with van der Waals surface area (Å²) in [7, 11) is 0. The van der Waals surface area contributed by atoms with Crippen LogP contribution in [0.4, 0.5) is 13.2 Å². The smallest absolute Gasteiger partial charge is 0.406 e. The molecule has 0 radical (unpaired) electrons. The Morgan fingerprint density at radius 2 is 1.62 bits per heavy atom. The summed E-state index contributed by atoms with van der Waals surface area (Å²) in [5.74, 6) is 5.96. The minimum Gasteiger partial charge on any atom is -0.406 e. The first kappa shape index (κ1) is 17.6. The van der Waals surface area contributed by atoms with Gasteiger partial charge in [0.15, 0.2) is 0 Å². The molecule has 2 aromatic heterocycles. The number of rotatable bonds is 2. The van der Waals surface area contributed by atoms with E-state index in [0.29, 0.717) is 0 Å². The minimum absolute atomic E-state index is 0.249. The molecule has 0 aliphatic rings. The van der Waals surface area contributed by atoms with Gasteiger partial charge in [-0.05, 0) is 56.3 Å². The van der Waals surface area contributed by atoms with E-state index in [1.807, 2.05) is 36.6 Å². The fourth-order valence-corrected chi connectivity index (χ4v) is 2.66. The van der Waals surface area contributed by atoms with E-state index in [9.17, 15) is 13.2 Å². The molecule has 0 aliphatic carbocycles. The van der Waals surface area contributed by atoms with Gasteiger partial charge >= 0.3 is 6.36 Å². The number of pyridine rings is 1. The van der Waals surface area contributed by atoms with Crippen LogP contribution in [0.2, 0.25) is 0 Å². The highest BCUT2D eigenvalue weighted by molar-refractivity contribution is 5.50. The zero-order chi connectivity index (χ0) is 18.7. The van der Waals surface area contributed by atoms with Crippen molar-refractivity contribution in [3.8, 4) is 23.3 Å². The van der Waals surface area contributed by atoms with Crippen LogP contribution in [0.3, 0.4) is 0 Å². The topological polar surface area (TPSA) is 27.1 Å². The highest BCUT2D eigenvalue weighted by atomic mass is 19.4. The Bertz CT molecular complexity index is 963. The van der Waals surface area contributed by atoms with Crippen LogP contribution in [0, 0.1) is 25.7 Å². The summed E-state index contributed by atoms with van der Waals surface area (Å²) in [5, 5.41) is 0. The Labute approximate surface area is 149 Å². The van der Waals surface area contributed by atoms with Crippen molar-refractivity contribution in [2.24, 2.45) is 0 Å². The van der Waals surface area contributed by atoms with Gasteiger partial charge in [0, 0.05) is 40.6 Å². The Hall–Kier alpha value is -3.20. The van der Waals surface area contributed by atoms with E-state index in [-0.39, 0.29) is 5.75 Å². The maximum Gasteiger partial charge on any atom is 0.573 e. The molecular weight excluding hydrogens is 341 g/mol. The summed E-state index contributed by atoms with van der Waals surface area (Å²) in [4.78, 5) is 3.95. The number of benzene rings is 1. The predicted octanol–water partition coefficient (Wildman–Crippen LogP) is 4.79. The van der Waals surface area contributed by atoms with Crippen LogP contribution in [-0.4, -0.2) is 15.9 Å². The van der Waals surface area contributed by atoms with Crippen molar-refractivity contribution in [3.05, 3.63) is 77.4 Å². The second-order valence-electron chi connectivity index (χ2n) is 5.65. The number of ether oxygens (including phenoxy) is 1. The quantitative estimate of drug-likeness (QED) is 0.618. The van der Waals surface area contributed by atoms with Gasteiger partial charge in [0.05, 0.1) is 0 Å². The van der Waals surface area contributed by atoms with E-state index >= 15 is 0 Å². The van der Waals surface area contributed by atoms with Crippen LogP contribution in [0.15, 0.2) is 54.9 Å². The molecule has 0 saturated heterocycles. The first-order valence-corrected chi connectivity index (χ1v) is 7.81. The van der Waals surface area contributed by atoms with Gasteiger partial charge in [-0.2, -0.15) is 0 Å². The van der Waals surface area contributed by atoms with Gasteiger partial charge < -0.3 is 9.30 Å². The Balaban J connectivity index is 1.90. The van der Waals surface area contributed by atoms with E-state index in [1.54, 1.807) is 24.5 Å². The molecule has 1 aromatic carbocycles. The van der Waals surface area contributed by atoms with E-state index in [1.165, 1.54) is 12.1 Å². The number of hydrogen-bond donors (Lipinski definition) is 0. The summed E-state index contributed by atoms with van der Waals surface area (Å²) < 4.78 is 42.7. The first-order chi connectivity index (χ1) is 12.3. The van der Waals surface area contributed by atoms with Gasteiger partial charge in [0.25, 0.3) is 0 Å². The standard InChI is InChI=1S/C20H15F3N2O/c1-14-13-17(4-3-16-9-11-24-12-10-16)15(2)25(14)18-5-7-19(8-6-18)26-20(21,22)23/h5-13H,1-2H3. The van der Waals surface area contributed by atoms with E-state index in [0.717, 1.165) is 28.2 Å². The maximum absolute atomic E-state index is 12.3. The van der Waals surface area contributed by atoms with Gasteiger partial charge in [-0.15, -0.1) is 13.2 Å². The van der Waals surface area contributed by atoms with Crippen molar-refractivity contribution in [1.82, 2.24) is 9.55 Å². The summed E-state index contributed by atoms with van der Waals surface area (Å²) in [6.45, 7) is 3.84. The summed E-state index contributed by atoms with van der Waals surface area (Å²) in [5.41, 5.74) is 4.31. The fraction of sp³-hybridized carbons (Fsp3) is 0.150. The van der Waals surface area contributed by atoms with Crippen LogP contribution >= 0.6 is 0 Å². The van der Waals surface area contributed by atoms with Gasteiger partial charge in [-0.1, -0.05) is 11.8 Å². The molecule has 26 heavy (non-hydrogen) atoms. The van der Waals surface area contributed by atoms with E-state index in [4.69, 9.17) is 0 Å². The molecule has 6 heteroatoms. The van der Waals surface area contributed by atoms with Crippen molar-refractivity contribution in [2.45, 2.75) is 20.2 Å². The van der Waals surface area contributed by atoms with Gasteiger partial charge in [-0.3, -0.25) is 4.98 Å². The zero-order valence-electron chi connectivity index (χ0n) is 14.1. The molecule has 0 spiro atoms. The maximum atomic E-state index is 12.3. The van der Waals surface area contributed by atoms with Crippen molar-refractivity contribution in [2.75, 3.05) is 0 Å². The lowest BCUT2D eigenvalue weighted by atomic mass is 10.2. The SMILES string of the molecule is Cc1cc(C#Cc2ccncc2)c(C)n1-c1ccc(OC(F)(F)F)cc1. The van der Waals surface area contributed by atoms with Gasteiger partial charge in [0.1, 0.15) is 5.75 Å². The van der Waals surface area contributed by atoms with E-state index < -0.39 is 6.36 Å². The molecule has 132 valence electrons. The molecule has 0 N–H and O–H groups in total. The number of hydrogen-bond acceptors (Lipinski definition) is 2. The number of nitrogens with zero attached hydrogens (tertiary/aromatic N) is 2. The molecule has 3 rings (SSSR count). The number of aryl methyl sites for hydroxylation is 1. The van der Waals surface area contributed by atoms with Crippen molar-refractivity contribution >= 4 is 0 Å². The lowest BCUT2D eigenvalue weighted by molar-refractivity contribution is -0.274. The second kappa shape index (κ2) is 6.96. The lowest BCUT2D eigenvalue weighted by Gasteiger charge is -2.12. The van der Waals surface area contributed by atoms with E-state index in [2.05, 4.69) is 21.6 Å². The zero-order valence-corrected chi connectivity index (χ0v) is 14.1. The molecule has 3 aromatic rings. The van der Waals surface area contributed by atoms with Gasteiger partial charge in [0.2, 0.25) is 0 Å². The summed E-state index contributed by atoms with van der Waals surface area (Å²) >= 11 is 0. The second-order valence-corrected chi connectivity index (χ2v) is 5.65. The first-order valence-electron chi connectivity index (χ1n) is 7.81. The molecule has 0 aliphatic heterocycles. The minimum atomic E-state index is -4.70. The average Bonchev–Trinajstić information content (AvgIpc) is 2.87.